The standard InChI is InChI=1S/C25H37FN4O2/c1-19-11-16-30(24(31)28-19)15-6-2-5-14-27-29-25(12-13-25)21-9-10-22(26)23(17-21)32-18-20-7-3-4-8-20/h9-10,17,20,27,29H,1-8,11-16,18H2,(H,28,31). The summed E-state index contributed by atoms with van der Waals surface area (Å²) in [5.74, 6) is 0.673. The number of hydrogen-bond donors (Lipinski definition) is 3. The highest BCUT2D eigenvalue weighted by Crippen LogP contribution is 2.46. The Morgan fingerprint density at radius 2 is 2.03 bits per heavy atom. The fourth-order valence-electron chi connectivity index (χ4n) is 4.71. The van der Waals surface area contributed by atoms with Gasteiger partial charge in [-0.2, -0.15) is 0 Å². The fraction of sp³-hybridized carbons (Fsp3) is 0.640. The Bertz CT molecular complexity index is 805. The second-order valence-corrected chi connectivity index (χ2v) is 9.57. The molecule has 1 saturated heterocycles. The molecule has 2 saturated carbocycles. The Morgan fingerprint density at radius 1 is 1.22 bits per heavy atom. The van der Waals surface area contributed by atoms with Gasteiger partial charge in [0.1, 0.15) is 0 Å². The first-order valence-electron chi connectivity index (χ1n) is 12.2. The van der Waals surface area contributed by atoms with E-state index in [0.717, 1.165) is 69.4 Å². The summed E-state index contributed by atoms with van der Waals surface area (Å²) in [5.41, 5.74) is 8.61. The van der Waals surface area contributed by atoms with E-state index in [1.807, 2.05) is 17.0 Å². The molecule has 1 heterocycles. The topological polar surface area (TPSA) is 65.6 Å². The first-order chi connectivity index (χ1) is 15.6. The van der Waals surface area contributed by atoms with Crippen LogP contribution in [0.25, 0.3) is 0 Å². The highest BCUT2D eigenvalue weighted by atomic mass is 19.1. The van der Waals surface area contributed by atoms with E-state index in [1.54, 1.807) is 0 Å². The Kier molecular flexibility index (Phi) is 7.68. The summed E-state index contributed by atoms with van der Waals surface area (Å²) in [6.45, 7) is 6.84. The van der Waals surface area contributed by atoms with Crippen molar-refractivity contribution in [3.63, 3.8) is 0 Å². The molecule has 6 nitrogen and oxygen atoms in total. The molecule has 0 bridgehead atoms. The molecule has 4 rings (SSSR count). The largest absolute Gasteiger partial charge is 0.490 e. The Morgan fingerprint density at radius 3 is 2.78 bits per heavy atom. The summed E-state index contributed by atoms with van der Waals surface area (Å²) in [5, 5.41) is 2.80. The summed E-state index contributed by atoms with van der Waals surface area (Å²) < 4.78 is 20.1. The van der Waals surface area contributed by atoms with E-state index in [0.29, 0.717) is 18.3 Å². The second kappa shape index (κ2) is 10.7. The van der Waals surface area contributed by atoms with E-state index in [-0.39, 0.29) is 17.4 Å². The van der Waals surface area contributed by atoms with E-state index in [4.69, 9.17) is 4.74 Å². The zero-order chi connectivity index (χ0) is 22.4. The molecule has 0 radical (unpaired) electrons. The van der Waals surface area contributed by atoms with Crippen LogP contribution in [0.2, 0.25) is 0 Å². The quantitative estimate of drug-likeness (QED) is 0.326. The molecule has 0 spiro atoms. The molecule has 1 aromatic rings. The molecule has 1 aliphatic heterocycles. The van der Waals surface area contributed by atoms with Crippen LogP contribution in [0.1, 0.15) is 69.8 Å². The third-order valence-electron chi connectivity index (χ3n) is 6.99. The number of carbonyl (C=O) groups excluding carboxylic acids is 1. The van der Waals surface area contributed by atoms with Gasteiger partial charge in [-0.15, -0.1) is 0 Å². The van der Waals surface area contributed by atoms with Crippen molar-refractivity contribution >= 4 is 6.03 Å². The lowest BCUT2D eigenvalue weighted by Gasteiger charge is -2.28. The Labute approximate surface area is 190 Å². The van der Waals surface area contributed by atoms with E-state index in [1.165, 1.54) is 31.7 Å². The maximum absolute atomic E-state index is 14.3. The number of benzene rings is 1. The third kappa shape index (κ3) is 6.01. The van der Waals surface area contributed by atoms with Crippen molar-refractivity contribution in [3.05, 3.63) is 41.9 Å². The van der Waals surface area contributed by atoms with Crippen molar-refractivity contribution in [2.24, 2.45) is 5.92 Å². The van der Waals surface area contributed by atoms with Crippen molar-refractivity contribution in [1.82, 2.24) is 21.1 Å². The Hall–Kier alpha value is -2.12. The molecule has 2 amide bonds. The average Bonchev–Trinajstić information content (AvgIpc) is 3.38. The minimum Gasteiger partial charge on any atom is -0.490 e. The lowest BCUT2D eigenvalue weighted by molar-refractivity contribution is 0.191. The van der Waals surface area contributed by atoms with Gasteiger partial charge in [0.15, 0.2) is 11.6 Å². The number of nitrogens with zero attached hydrogens (tertiary/aromatic N) is 1. The van der Waals surface area contributed by atoms with Crippen LogP contribution < -0.4 is 20.9 Å². The SMILES string of the molecule is C=C1CCN(CCCCCNNC2(c3ccc(F)c(OCC4CCCC4)c3)CC2)C(=O)N1. The predicted molar refractivity (Wildman–Crippen MR) is 124 cm³/mol. The van der Waals surface area contributed by atoms with Crippen LogP contribution in [0.15, 0.2) is 30.5 Å². The molecule has 3 aliphatic rings. The minimum atomic E-state index is -0.276. The zero-order valence-electron chi connectivity index (χ0n) is 19.1. The van der Waals surface area contributed by atoms with E-state index in [2.05, 4.69) is 22.7 Å². The number of rotatable bonds is 12. The number of urea groups is 1. The third-order valence-corrected chi connectivity index (χ3v) is 6.99. The lowest BCUT2D eigenvalue weighted by atomic mass is 10.0. The van der Waals surface area contributed by atoms with Crippen molar-refractivity contribution in [2.45, 2.75) is 69.7 Å². The lowest BCUT2D eigenvalue weighted by Crippen LogP contribution is -2.45. The molecular weight excluding hydrogens is 407 g/mol. The number of halogens is 1. The molecule has 32 heavy (non-hydrogen) atoms. The number of hydrazine groups is 1. The summed E-state index contributed by atoms with van der Waals surface area (Å²) >= 11 is 0. The molecule has 0 atom stereocenters. The maximum atomic E-state index is 14.3. The van der Waals surface area contributed by atoms with Gasteiger partial charge >= 0.3 is 6.03 Å². The summed E-state index contributed by atoms with van der Waals surface area (Å²) in [7, 11) is 0. The fourth-order valence-corrected chi connectivity index (χ4v) is 4.71. The normalized spacial score (nSPS) is 20.5. The van der Waals surface area contributed by atoms with Gasteiger partial charge in [-0.1, -0.05) is 31.9 Å². The van der Waals surface area contributed by atoms with Gasteiger partial charge in [0, 0.05) is 31.8 Å². The first-order valence-corrected chi connectivity index (χ1v) is 12.2. The van der Waals surface area contributed by atoms with Crippen LogP contribution in [0.3, 0.4) is 0 Å². The molecule has 1 aromatic carbocycles. The number of nitrogens with one attached hydrogen (secondary N) is 3. The van der Waals surface area contributed by atoms with E-state index >= 15 is 0 Å². The summed E-state index contributed by atoms with van der Waals surface area (Å²) in [6, 6.07) is 5.26. The monoisotopic (exact) mass is 444 g/mol. The van der Waals surface area contributed by atoms with Gasteiger partial charge in [0.2, 0.25) is 0 Å². The van der Waals surface area contributed by atoms with Crippen molar-refractivity contribution in [3.8, 4) is 5.75 Å². The highest BCUT2D eigenvalue weighted by Gasteiger charge is 2.44. The Balaban J connectivity index is 1.15. The first kappa shape index (κ1) is 23.1. The number of ether oxygens (including phenoxy) is 1. The summed E-state index contributed by atoms with van der Waals surface area (Å²) in [6.07, 6.45) is 10.9. The van der Waals surface area contributed by atoms with Gasteiger partial charge in [0.25, 0.3) is 0 Å². The average molecular weight is 445 g/mol. The molecule has 176 valence electrons. The van der Waals surface area contributed by atoms with Crippen LogP contribution in [0, 0.1) is 11.7 Å². The molecule has 0 aromatic heterocycles. The molecule has 0 unspecified atom stereocenters. The molecular formula is C25H37FN4O2. The highest BCUT2D eigenvalue weighted by molar-refractivity contribution is 5.77. The summed E-state index contributed by atoms with van der Waals surface area (Å²) in [4.78, 5) is 13.7. The number of amides is 2. The van der Waals surface area contributed by atoms with E-state index in [9.17, 15) is 9.18 Å². The van der Waals surface area contributed by atoms with Crippen LogP contribution in [0.5, 0.6) is 5.75 Å². The minimum absolute atomic E-state index is 0.0254. The van der Waals surface area contributed by atoms with Crippen LogP contribution >= 0.6 is 0 Å². The second-order valence-electron chi connectivity index (χ2n) is 9.57. The van der Waals surface area contributed by atoms with Crippen molar-refractivity contribution < 1.29 is 13.9 Å². The van der Waals surface area contributed by atoms with Gasteiger partial charge in [-0.3, -0.25) is 5.43 Å². The van der Waals surface area contributed by atoms with Gasteiger partial charge in [0.05, 0.1) is 12.1 Å². The van der Waals surface area contributed by atoms with Crippen LogP contribution in [-0.2, 0) is 5.54 Å². The van der Waals surface area contributed by atoms with Gasteiger partial charge < -0.3 is 15.0 Å². The number of carbonyl (C=O) groups is 1. The maximum Gasteiger partial charge on any atom is 0.321 e. The van der Waals surface area contributed by atoms with Gasteiger partial charge in [-0.25, -0.2) is 14.6 Å². The van der Waals surface area contributed by atoms with Crippen molar-refractivity contribution in [2.75, 3.05) is 26.2 Å². The van der Waals surface area contributed by atoms with Crippen molar-refractivity contribution in [1.29, 1.82) is 0 Å². The van der Waals surface area contributed by atoms with Crippen LogP contribution in [0.4, 0.5) is 9.18 Å². The number of hydrogen-bond acceptors (Lipinski definition) is 4. The predicted octanol–water partition coefficient (Wildman–Crippen LogP) is 4.58. The van der Waals surface area contributed by atoms with Crippen LogP contribution in [-0.4, -0.2) is 37.2 Å². The molecule has 2 aliphatic carbocycles. The van der Waals surface area contributed by atoms with Gasteiger partial charge in [-0.05, 0) is 62.1 Å². The number of unbranched alkanes of at least 4 members (excludes halogenated alkanes) is 2. The van der Waals surface area contributed by atoms with E-state index < -0.39 is 0 Å². The molecule has 3 fully saturated rings. The smallest absolute Gasteiger partial charge is 0.321 e. The molecule has 3 N–H and O–H groups in total. The molecule has 7 heteroatoms. The zero-order valence-corrected chi connectivity index (χ0v) is 19.1.